The van der Waals surface area contributed by atoms with Gasteiger partial charge in [0.25, 0.3) is 35.0 Å². The number of amides is 2. The number of hydrogen-bond donors (Lipinski definition) is 2. The zero-order valence-corrected chi connectivity index (χ0v) is 53.0. The Morgan fingerprint density at radius 1 is 0.593 bits per heavy atom. The summed E-state index contributed by atoms with van der Waals surface area (Å²) >= 11 is 0. The summed E-state index contributed by atoms with van der Waals surface area (Å²) < 4.78 is 269. The van der Waals surface area contributed by atoms with Gasteiger partial charge in [-0.05, 0) is 50.4 Å². The normalized spacial score (nSPS) is 22.2. The molecule has 2 amide bonds. The first-order valence-electron chi connectivity index (χ1n) is 25.8. The highest BCUT2D eigenvalue weighted by Gasteiger charge is 2.75. The van der Waals surface area contributed by atoms with Gasteiger partial charge in [-0.25, -0.2) is 26.3 Å². The quantitative estimate of drug-likeness (QED) is 0.0206. The molecule has 86 heavy (non-hydrogen) atoms. The van der Waals surface area contributed by atoms with Crippen LogP contribution in [0.25, 0.3) is 0 Å². The van der Waals surface area contributed by atoms with Crippen LogP contribution >= 0.6 is 0 Å². The lowest BCUT2D eigenvalue weighted by molar-refractivity contribution is -0.339. The molecule has 0 saturated heterocycles. The number of rotatable bonds is 33. The first kappa shape index (κ1) is 86.7. The number of carbonyl (C=O) groups excluding carboxylic acids is 5. The second-order valence-corrected chi connectivity index (χ2v) is 27.3. The van der Waals surface area contributed by atoms with Crippen molar-refractivity contribution < 1.29 is 143 Å². The number of Topliss-reactive ketones (excluding diaryl/α,β-unsaturated/α-hetero) is 2. The summed E-state index contributed by atoms with van der Waals surface area (Å²) in [6.07, 6.45) is -5.93. The summed E-state index contributed by atoms with van der Waals surface area (Å²) in [4.78, 5) is 59.5. The first-order chi connectivity index (χ1) is 39.6. The number of carbonyl (C=O) groups is 5. The Morgan fingerprint density at radius 3 is 1.31 bits per heavy atom. The molecule has 0 heterocycles. The number of halogens is 17. The highest BCUT2D eigenvalue weighted by molar-refractivity contribution is 6.60. The van der Waals surface area contributed by atoms with Crippen LogP contribution in [0.3, 0.4) is 0 Å². The Morgan fingerprint density at radius 2 is 0.977 bits per heavy atom. The van der Waals surface area contributed by atoms with Crippen LogP contribution in [-0.2, 0) is 68.5 Å². The number of hydrogen-bond acceptors (Lipinski definition) is 15. The highest BCUT2D eigenvalue weighted by Crippen LogP contribution is 2.53. The van der Waals surface area contributed by atoms with Gasteiger partial charge in [0.2, 0.25) is 0 Å². The lowest BCUT2D eigenvalue weighted by Crippen LogP contribution is -2.64. The average Bonchev–Trinajstić information content (AvgIpc) is 0.791. The molecular formula is C49H81F17N2O15Si3. The minimum Gasteiger partial charge on any atom is -0.379 e. The van der Waals surface area contributed by atoms with Gasteiger partial charge in [-0.1, -0.05) is 26.0 Å². The summed E-state index contributed by atoms with van der Waals surface area (Å²) in [7, 11) is 6.46. The Labute approximate surface area is 493 Å². The van der Waals surface area contributed by atoms with E-state index >= 15 is 17.6 Å². The summed E-state index contributed by atoms with van der Waals surface area (Å²) in [6.45, 7) is 7.54. The third-order valence-corrected chi connectivity index (χ3v) is 20.1. The predicted octanol–water partition coefficient (Wildman–Crippen LogP) is 10.1. The minimum atomic E-state index is -6.50. The van der Waals surface area contributed by atoms with E-state index in [0.717, 1.165) is 0 Å². The third kappa shape index (κ3) is 24.4. The van der Waals surface area contributed by atoms with Gasteiger partial charge < -0.3 is 50.5 Å². The molecule has 2 aliphatic carbocycles. The molecule has 2 N–H and O–H groups in total. The third-order valence-electron chi connectivity index (χ3n) is 13.3. The van der Waals surface area contributed by atoms with Crippen molar-refractivity contribution >= 4 is 56.6 Å². The molecule has 508 valence electrons. The second kappa shape index (κ2) is 38.9. The zero-order valence-electron chi connectivity index (χ0n) is 49.8. The number of alkyl halides is 16. The summed E-state index contributed by atoms with van der Waals surface area (Å²) in [5, 5.41) is 4.34. The fourth-order valence-corrected chi connectivity index (χ4v) is 12.8. The van der Waals surface area contributed by atoms with Crippen LogP contribution in [0.1, 0.15) is 84.5 Å². The Kier molecular flexibility index (Phi) is 39.2. The van der Waals surface area contributed by atoms with E-state index in [1.54, 1.807) is 21.3 Å². The van der Waals surface area contributed by atoms with Crippen LogP contribution in [0.4, 0.5) is 74.6 Å². The molecule has 2 rings (SSSR count). The number of ether oxygens (including phenoxy) is 1. The lowest BCUT2D eigenvalue weighted by atomic mass is 9.67. The van der Waals surface area contributed by atoms with Crippen LogP contribution in [-0.4, -0.2) is 195 Å². The van der Waals surface area contributed by atoms with E-state index in [0.29, 0.717) is 32.1 Å². The topological polar surface area (TPSA) is 202 Å². The molecule has 6 unspecified atom stereocenters. The van der Waals surface area contributed by atoms with Crippen molar-refractivity contribution in [3.05, 3.63) is 25.3 Å². The van der Waals surface area contributed by atoms with E-state index < -0.39 is 153 Å². The molecule has 0 aliphatic heterocycles. The van der Waals surface area contributed by atoms with Crippen LogP contribution in [0, 0.1) is 23.7 Å². The maximum absolute atomic E-state index is 16.1. The van der Waals surface area contributed by atoms with Crippen molar-refractivity contribution in [1.82, 2.24) is 10.6 Å². The summed E-state index contributed by atoms with van der Waals surface area (Å²) in [5.74, 6) is -35.3. The maximum atomic E-state index is 16.1. The fourth-order valence-electron chi connectivity index (χ4n) is 8.70. The number of unbranched alkanes of at least 4 members (excludes halogenated alkanes) is 1. The van der Waals surface area contributed by atoms with E-state index in [1.165, 1.54) is 68.7 Å². The van der Waals surface area contributed by atoms with E-state index in [-0.39, 0.29) is 51.6 Å². The minimum absolute atomic E-state index is 0.0659. The van der Waals surface area contributed by atoms with Crippen molar-refractivity contribution in [2.75, 3.05) is 90.9 Å². The molecule has 0 aromatic heterocycles. The van der Waals surface area contributed by atoms with Crippen molar-refractivity contribution in [1.29, 1.82) is 0 Å². The molecule has 6 atom stereocenters. The summed E-state index contributed by atoms with van der Waals surface area (Å²) in [6, 6.07) is -3.33. The number of nitrogens with one attached hydrogen (secondary N) is 2. The average molecular weight is 1350 g/mol. The van der Waals surface area contributed by atoms with E-state index in [4.69, 9.17) is 39.8 Å². The van der Waals surface area contributed by atoms with Gasteiger partial charge in [-0.15, -0.1) is 26.3 Å². The molecule has 17 nitrogen and oxygen atoms in total. The highest BCUT2D eigenvalue weighted by atomic mass is 28.4. The monoisotopic (exact) mass is 1340 g/mol. The summed E-state index contributed by atoms with van der Waals surface area (Å²) in [5.41, 5.74) is -7.14. The van der Waals surface area contributed by atoms with Crippen LogP contribution in [0.15, 0.2) is 25.3 Å². The number of allylic oxidation sites excluding steroid dienone is 1. The van der Waals surface area contributed by atoms with Crippen LogP contribution in [0.5, 0.6) is 0 Å². The van der Waals surface area contributed by atoms with Crippen molar-refractivity contribution in [2.24, 2.45) is 23.7 Å². The van der Waals surface area contributed by atoms with Gasteiger partial charge in [0.05, 0.1) is 25.6 Å². The lowest BCUT2D eigenvalue weighted by Gasteiger charge is -2.43. The van der Waals surface area contributed by atoms with Crippen molar-refractivity contribution in [2.45, 2.75) is 144 Å². The van der Waals surface area contributed by atoms with Gasteiger partial charge >= 0.3 is 57.3 Å². The maximum Gasteiger partial charge on any atom is 0.522 e. The molecule has 0 bridgehead atoms. The second-order valence-electron chi connectivity index (χ2n) is 19.1. The molecular weight excluding hydrogens is 1260 g/mol. The van der Waals surface area contributed by atoms with E-state index in [2.05, 4.69) is 28.5 Å². The molecule has 2 fully saturated rings. The largest absolute Gasteiger partial charge is 0.522 e. The molecule has 0 aromatic rings. The van der Waals surface area contributed by atoms with E-state index in [9.17, 15) is 81.0 Å². The van der Waals surface area contributed by atoms with Crippen LogP contribution < -0.4 is 10.6 Å². The molecule has 2 aliphatic rings. The smallest absolute Gasteiger partial charge is 0.379 e. The van der Waals surface area contributed by atoms with Gasteiger partial charge in [0, 0.05) is 121 Å². The van der Waals surface area contributed by atoms with Crippen molar-refractivity contribution in [3.63, 3.8) is 0 Å². The Balaban J connectivity index is -0.00000118. The number of ketones is 2. The van der Waals surface area contributed by atoms with Gasteiger partial charge in [0.1, 0.15) is 11.6 Å². The SMILES string of the molecule is C=CCCC(=O)C1CC(C)CC(F)(F)C1(F)C(=O)NCC=C.CF.CO[SiH](OC)OC.CO[Si](CCCCC(=O)C1CC(C)CC(F)(F)C1(F)C(=O)NCCC[Si](OC)(OC)OC)(OC)OC.O=C(F)C(F)(F)C(F)(F)C(F)(F)CCOC(F)(F)F. The predicted molar refractivity (Wildman–Crippen MR) is 281 cm³/mol. The van der Waals surface area contributed by atoms with Gasteiger partial charge in [-0.2, -0.15) is 30.7 Å². The molecule has 0 spiro atoms. The molecule has 2 saturated carbocycles. The Bertz CT molecular complexity index is 2030. The van der Waals surface area contributed by atoms with Gasteiger partial charge in [-0.3, -0.25) is 33.1 Å². The van der Waals surface area contributed by atoms with Crippen molar-refractivity contribution in [3.8, 4) is 0 Å². The Hall–Kier alpha value is -3.51. The molecule has 0 radical (unpaired) electrons. The van der Waals surface area contributed by atoms with E-state index in [1.807, 2.05) is 0 Å². The molecule has 0 aromatic carbocycles. The first-order valence-corrected chi connectivity index (χ1v) is 31.1. The standard InChI is InChI=1S/C22H42F3NO8Si2.C16H22F3NO2.C7H4F10O2.C3H10O3Si.CH3F/c1-17-15-18(19(27)11-8-9-13-35(29-2,30-3)31-4)22(25,21(23,24)16-17)20(28)26-12-10-14-36(32-5,33-6)34-7;1-4-6-7-13(21)12-9-11(3)10-15(17,18)16(12,19)14(22)20-8-5-2;8-3(18)5(11,12)6(13,14)4(9,10)1-2-19-7(15,16)17;1-4-7(5-2)6-3;1-2/h17-18H,8-16H2,1-7H3,(H,26,28);4-5,11-12H,1-2,6-10H2,3H3,(H,20,22);1-2H2;7H,1-3H3;1H3. The molecule has 37 heteroatoms. The van der Waals surface area contributed by atoms with Gasteiger partial charge in [0.15, 0.2) is 0 Å². The fraction of sp³-hybridized carbons (Fsp3) is 0.816. The zero-order chi connectivity index (χ0) is 68.0. The van der Waals surface area contributed by atoms with Crippen LogP contribution in [0.2, 0.25) is 12.1 Å².